The Morgan fingerprint density at radius 1 is 1.27 bits per heavy atom. The number of hydrogen-bond acceptors (Lipinski definition) is 4. The van der Waals surface area contributed by atoms with Crippen LogP contribution in [0.4, 0.5) is 0 Å². The summed E-state index contributed by atoms with van der Waals surface area (Å²) < 4.78 is 2.88. The average molecular weight is 478 g/mol. The number of hydrogen-bond donors (Lipinski definition) is 1. The molecule has 1 N–H and O–H groups in total. The molecule has 78 valence electrons. The SMILES string of the molecule is Oc1c(I)cc(I)cc1-c1csc(=S)s1. The molecule has 0 bridgehead atoms. The number of phenolic OH excluding ortho intramolecular Hbond substituents is 1. The van der Waals surface area contributed by atoms with E-state index in [9.17, 15) is 5.11 Å². The Morgan fingerprint density at radius 2 is 2.00 bits per heavy atom. The molecule has 2 aromatic rings. The lowest BCUT2D eigenvalue weighted by molar-refractivity contribution is 0.473. The largest absolute Gasteiger partial charge is 0.506 e. The van der Waals surface area contributed by atoms with Gasteiger partial charge in [0.05, 0.1) is 8.45 Å². The highest BCUT2D eigenvalue weighted by molar-refractivity contribution is 14.1. The van der Waals surface area contributed by atoms with Crippen molar-refractivity contribution >= 4 is 80.1 Å². The van der Waals surface area contributed by atoms with Crippen LogP contribution in [0, 0.1) is 10.3 Å². The van der Waals surface area contributed by atoms with Crippen LogP contribution in [-0.2, 0) is 0 Å². The molecule has 0 atom stereocenters. The van der Waals surface area contributed by atoms with Crippen LogP contribution in [0.2, 0.25) is 0 Å². The first kappa shape index (κ1) is 12.2. The van der Waals surface area contributed by atoms with E-state index < -0.39 is 0 Å². The van der Waals surface area contributed by atoms with Crippen molar-refractivity contribution < 1.29 is 5.11 Å². The van der Waals surface area contributed by atoms with Gasteiger partial charge in [0.1, 0.15) is 8.89 Å². The fraction of sp³-hybridized carbons (Fsp3) is 0. The van der Waals surface area contributed by atoms with Crippen LogP contribution < -0.4 is 0 Å². The third-order valence-corrected chi connectivity index (χ3v) is 5.69. The van der Waals surface area contributed by atoms with E-state index in [2.05, 4.69) is 45.2 Å². The van der Waals surface area contributed by atoms with Crippen molar-refractivity contribution in [3.63, 3.8) is 0 Å². The van der Waals surface area contributed by atoms with Gasteiger partial charge in [0.25, 0.3) is 0 Å². The molecular weight excluding hydrogens is 474 g/mol. The maximum absolute atomic E-state index is 9.95. The lowest BCUT2D eigenvalue weighted by Crippen LogP contribution is -1.82. The Labute approximate surface area is 127 Å². The molecule has 2 rings (SSSR count). The summed E-state index contributed by atoms with van der Waals surface area (Å²) in [5.74, 6) is 0.347. The minimum atomic E-state index is 0.347. The quantitative estimate of drug-likeness (QED) is 0.454. The van der Waals surface area contributed by atoms with Gasteiger partial charge in [0.2, 0.25) is 0 Å². The van der Waals surface area contributed by atoms with E-state index in [-0.39, 0.29) is 0 Å². The molecule has 1 nitrogen and oxygen atoms in total. The van der Waals surface area contributed by atoms with Gasteiger partial charge in [-0.25, -0.2) is 0 Å². The Hall–Kier alpha value is 0.750. The third-order valence-electron chi connectivity index (χ3n) is 1.75. The predicted octanol–water partition coefficient (Wildman–Crippen LogP) is 5.12. The Morgan fingerprint density at radius 3 is 2.60 bits per heavy atom. The third kappa shape index (κ3) is 2.71. The fourth-order valence-electron chi connectivity index (χ4n) is 1.11. The lowest BCUT2D eigenvalue weighted by Gasteiger charge is -2.04. The molecule has 0 fully saturated rings. The van der Waals surface area contributed by atoms with Crippen LogP contribution in [0.15, 0.2) is 17.5 Å². The summed E-state index contributed by atoms with van der Waals surface area (Å²) in [6.45, 7) is 0. The molecular formula is C9H4I2OS3. The van der Waals surface area contributed by atoms with Crippen molar-refractivity contribution in [1.82, 2.24) is 0 Å². The number of aromatic hydroxyl groups is 1. The van der Waals surface area contributed by atoms with Crippen LogP contribution in [0.25, 0.3) is 10.4 Å². The summed E-state index contributed by atoms with van der Waals surface area (Å²) in [6.07, 6.45) is 0. The topological polar surface area (TPSA) is 20.2 Å². The van der Waals surface area contributed by atoms with E-state index >= 15 is 0 Å². The van der Waals surface area contributed by atoms with Gasteiger partial charge in [-0.2, -0.15) is 0 Å². The number of halogens is 2. The molecule has 1 aromatic heterocycles. The number of benzene rings is 1. The standard InChI is InChI=1S/C9H4I2OS3/c10-4-1-5(8(12)6(11)2-4)7-3-14-9(13)15-7/h1-3,12H. The lowest BCUT2D eigenvalue weighted by atomic mass is 10.2. The highest BCUT2D eigenvalue weighted by Gasteiger charge is 2.10. The molecule has 1 heterocycles. The van der Waals surface area contributed by atoms with Crippen molar-refractivity contribution in [2.75, 3.05) is 0 Å². The Bertz CT molecular complexity index is 559. The van der Waals surface area contributed by atoms with E-state index in [4.69, 9.17) is 12.2 Å². The van der Waals surface area contributed by atoms with Crippen molar-refractivity contribution in [2.45, 2.75) is 0 Å². The summed E-state index contributed by atoms with van der Waals surface area (Å²) >= 11 is 12.6. The van der Waals surface area contributed by atoms with Gasteiger partial charge in [-0.3, -0.25) is 0 Å². The van der Waals surface area contributed by atoms with Gasteiger partial charge < -0.3 is 5.11 Å². The molecule has 0 aliphatic carbocycles. The summed E-state index contributed by atoms with van der Waals surface area (Å²) in [4.78, 5) is 1.04. The van der Waals surface area contributed by atoms with Crippen molar-refractivity contribution in [3.05, 3.63) is 27.8 Å². The summed E-state index contributed by atoms with van der Waals surface area (Å²) in [6, 6.07) is 3.93. The van der Waals surface area contributed by atoms with Crippen molar-refractivity contribution in [2.24, 2.45) is 0 Å². The number of phenols is 1. The molecule has 1 aromatic carbocycles. The van der Waals surface area contributed by atoms with Gasteiger partial charge in [0.15, 0.2) is 0 Å². The second-order valence-corrected chi connectivity index (χ2v) is 8.26. The van der Waals surface area contributed by atoms with Gasteiger partial charge >= 0.3 is 0 Å². The van der Waals surface area contributed by atoms with Gasteiger partial charge in [-0.05, 0) is 57.3 Å². The maximum atomic E-state index is 9.95. The molecule has 0 saturated heterocycles. The zero-order chi connectivity index (χ0) is 11.0. The van der Waals surface area contributed by atoms with Gasteiger partial charge in [0, 0.05) is 14.5 Å². The summed E-state index contributed by atoms with van der Waals surface area (Å²) in [7, 11) is 0. The van der Waals surface area contributed by atoms with Gasteiger partial charge in [-0.1, -0.05) is 12.2 Å². The second kappa shape index (κ2) is 4.94. The number of rotatable bonds is 1. The minimum absolute atomic E-state index is 0.347. The zero-order valence-electron chi connectivity index (χ0n) is 7.16. The average Bonchev–Trinajstić information content (AvgIpc) is 2.58. The normalized spacial score (nSPS) is 10.5. The molecule has 0 aliphatic rings. The minimum Gasteiger partial charge on any atom is -0.506 e. The molecule has 0 radical (unpaired) electrons. The monoisotopic (exact) mass is 478 g/mol. The Kier molecular flexibility index (Phi) is 4.03. The van der Waals surface area contributed by atoms with E-state index in [1.54, 1.807) is 0 Å². The molecule has 0 spiro atoms. The summed E-state index contributed by atoms with van der Waals surface area (Å²) in [5.41, 5.74) is 0.878. The highest BCUT2D eigenvalue weighted by atomic mass is 127. The summed E-state index contributed by atoms with van der Waals surface area (Å²) in [5, 5.41) is 11.9. The molecule has 0 unspecified atom stereocenters. The van der Waals surface area contributed by atoms with Crippen LogP contribution in [-0.4, -0.2) is 5.11 Å². The maximum Gasteiger partial charge on any atom is 0.144 e. The molecule has 0 aliphatic heterocycles. The fourth-order valence-corrected chi connectivity index (χ4v) is 5.09. The van der Waals surface area contributed by atoms with E-state index in [0.29, 0.717) is 5.75 Å². The van der Waals surface area contributed by atoms with Gasteiger partial charge in [-0.15, -0.1) is 22.7 Å². The smallest absolute Gasteiger partial charge is 0.144 e. The zero-order valence-corrected chi connectivity index (χ0v) is 13.9. The highest BCUT2D eigenvalue weighted by Crippen LogP contribution is 2.38. The molecule has 6 heteroatoms. The van der Waals surface area contributed by atoms with E-state index in [1.807, 2.05) is 17.5 Å². The van der Waals surface area contributed by atoms with E-state index in [0.717, 1.165) is 20.7 Å². The van der Waals surface area contributed by atoms with Crippen LogP contribution in [0.1, 0.15) is 0 Å². The predicted molar refractivity (Wildman–Crippen MR) is 85.6 cm³/mol. The first-order chi connectivity index (χ1) is 7.08. The van der Waals surface area contributed by atoms with Crippen molar-refractivity contribution in [3.8, 4) is 16.2 Å². The molecule has 0 amide bonds. The molecule has 15 heavy (non-hydrogen) atoms. The second-order valence-electron chi connectivity index (χ2n) is 2.74. The van der Waals surface area contributed by atoms with Crippen molar-refractivity contribution in [1.29, 1.82) is 0 Å². The van der Waals surface area contributed by atoms with Crippen LogP contribution in [0.3, 0.4) is 0 Å². The molecule has 0 saturated carbocycles. The van der Waals surface area contributed by atoms with Crippen LogP contribution in [0.5, 0.6) is 5.75 Å². The first-order valence-corrected chi connectivity index (χ1v) is 8.11. The first-order valence-electron chi connectivity index (χ1n) is 3.85. The van der Waals surface area contributed by atoms with Crippen LogP contribution >= 0.6 is 80.1 Å². The Balaban J connectivity index is 2.67. The van der Waals surface area contributed by atoms with E-state index in [1.165, 1.54) is 22.7 Å².